The van der Waals surface area contributed by atoms with E-state index < -0.39 is 0 Å². The van der Waals surface area contributed by atoms with Crippen LogP contribution in [0.15, 0.2) is 18.2 Å². The largest absolute Gasteiger partial charge is 0.293 e. The molecule has 0 N–H and O–H groups in total. The number of ketones is 1. The Morgan fingerprint density at radius 1 is 1.43 bits per heavy atom. The van der Waals surface area contributed by atoms with Crippen LogP contribution in [0.25, 0.3) is 0 Å². The summed E-state index contributed by atoms with van der Waals surface area (Å²) in [6, 6.07) is 4.93. The maximum absolute atomic E-state index is 11.8. The second kappa shape index (κ2) is 5.06. The van der Waals surface area contributed by atoms with Gasteiger partial charge >= 0.3 is 0 Å². The molecule has 0 aliphatic heterocycles. The van der Waals surface area contributed by atoms with Crippen molar-refractivity contribution >= 4 is 40.7 Å². The highest BCUT2D eigenvalue weighted by molar-refractivity contribution is 7.99. The van der Waals surface area contributed by atoms with Gasteiger partial charge in [0.25, 0.3) is 0 Å². The molecule has 0 fully saturated rings. The lowest BCUT2D eigenvalue weighted by molar-refractivity contribution is 0.0994. The van der Waals surface area contributed by atoms with Crippen LogP contribution >= 0.6 is 35.0 Å². The Morgan fingerprint density at radius 2 is 2.07 bits per heavy atom. The predicted molar refractivity (Wildman–Crippen MR) is 63.8 cm³/mol. The Bertz CT molecular complexity index is 352. The van der Waals surface area contributed by atoms with Gasteiger partial charge in [-0.05, 0) is 31.4 Å². The molecular weight excluding hydrogens is 239 g/mol. The summed E-state index contributed by atoms with van der Waals surface area (Å²) in [5.74, 6) is 0.0409. The number of rotatable bonds is 3. The average Bonchev–Trinajstić information content (AvgIpc) is 2.15. The molecule has 0 aromatic heterocycles. The third kappa shape index (κ3) is 2.66. The summed E-state index contributed by atoms with van der Waals surface area (Å²) in [6.07, 6.45) is 1.90. The molecule has 0 aliphatic rings. The zero-order chi connectivity index (χ0) is 10.7. The quantitative estimate of drug-likeness (QED) is 0.755. The normalized spacial score (nSPS) is 12.6. The summed E-state index contributed by atoms with van der Waals surface area (Å²) < 4.78 is 0. The van der Waals surface area contributed by atoms with Crippen molar-refractivity contribution in [2.45, 2.75) is 12.2 Å². The molecule has 0 amide bonds. The highest BCUT2D eigenvalue weighted by Gasteiger charge is 2.16. The fourth-order valence-electron chi connectivity index (χ4n) is 1.02. The topological polar surface area (TPSA) is 17.1 Å². The summed E-state index contributed by atoms with van der Waals surface area (Å²) in [6.45, 7) is 1.86. The minimum absolute atomic E-state index is 0.0409. The molecule has 1 unspecified atom stereocenters. The maximum Gasteiger partial charge on any atom is 0.176 e. The zero-order valence-corrected chi connectivity index (χ0v) is 10.2. The Balaban J connectivity index is 3.02. The van der Waals surface area contributed by atoms with Crippen molar-refractivity contribution in [3.05, 3.63) is 33.8 Å². The molecule has 1 aromatic carbocycles. The van der Waals surface area contributed by atoms with Crippen LogP contribution in [0, 0.1) is 0 Å². The van der Waals surface area contributed by atoms with E-state index in [1.165, 1.54) is 11.8 Å². The number of carbonyl (C=O) groups excluding carboxylic acids is 1. The first-order valence-corrected chi connectivity index (χ1v) is 6.12. The first-order valence-electron chi connectivity index (χ1n) is 4.08. The lowest BCUT2D eigenvalue weighted by Gasteiger charge is -2.08. The van der Waals surface area contributed by atoms with Gasteiger partial charge in [-0.25, -0.2) is 0 Å². The molecule has 0 bridgehead atoms. The average molecular weight is 249 g/mol. The summed E-state index contributed by atoms with van der Waals surface area (Å²) in [5, 5.41) is 0.889. The van der Waals surface area contributed by atoms with E-state index in [0.29, 0.717) is 15.6 Å². The number of Topliss-reactive ketones (excluding diaryl/α,β-unsaturated/α-hetero) is 1. The van der Waals surface area contributed by atoms with E-state index in [2.05, 4.69) is 0 Å². The van der Waals surface area contributed by atoms with Crippen molar-refractivity contribution in [3.63, 3.8) is 0 Å². The highest BCUT2D eigenvalue weighted by Crippen LogP contribution is 2.24. The number of hydrogen-bond acceptors (Lipinski definition) is 2. The van der Waals surface area contributed by atoms with Gasteiger partial charge in [-0.2, -0.15) is 11.8 Å². The molecule has 0 heterocycles. The van der Waals surface area contributed by atoms with E-state index in [9.17, 15) is 4.79 Å². The van der Waals surface area contributed by atoms with E-state index in [1.807, 2.05) is 13.2 Å². The van der Waals surface area contributed by atoms with Crippen molar-refractivity contribution in [1.82, 2.24) is 0 Å². The van der Waals surface area contributed by atoms with E-state index in [4.69, 9.17) is 23.2 Å². The summed E-state index contributed by atoms with van der Waals surface area (Å²) >= 11 is 13.1. The molecule has 1 rings (SSSR count). The van der Waals surface area contributed by atoms with Crippen LogP contribution in [0.2, 0.25) is 10.0 Å². The van der Waals surface area contributed by atoms with Gasteiger partial charge in [-0.15, -0.1) is 0 Å². The number of carbonyl (C=O) groups is 1. The smallest absolute Gasteiger partial charge is 0.176 e. The third-order valence-electron chi connectivity index (χ3n) is 1.92. The van der Waals surface area contributed by atoms with Crippen LogP contribution in [-0.2, 0) is 0 Å². The van der Waals surface area contributed by atoms with Gasteiger partial charge in [0.2, 0.25) is 0 Å². The molecule has 0 radical (unpaired) electrons. The second-order valence-electron chi connectivity index (χ2n) is 2.87. The minimum Gasteiger partial charge on any atom is -0.293 e. The third-order valence-corrected chi connectivity index (χ3v) is 3.39. The van der Waals surface area contributed by atoms with Crippen LogP contribution in [0.5, 0.6) is 0 Å². The van der Waals surface area contributed by atoms with Gasteiger partial charge in [0.05, 0.1) is 10.3 Å². The Hall–Kier alpha value is -0.180. The number of benzene rings is 1. The molecule has 0 saturated heterocycles. The van der Waals surface area contributed by atoms with Crippen molar-refractivity contribution < 1.29 is 4.79 Å². The fraction of sp³-hybridized carbons (Fsp3) is 0.300. The van der Waals surface area contributed by atoms with Crippen LogP contribution < -0.4 is 0 Å². The van der Waals surface area contributed by atoms with Crippen molar-refractivity contribution in [2.24, 2.45) is 0 Å². The zero-order valence-electron chi connectivity index (χ0n) is 7.88. The number of thioether (sulfide) groups is 1. The molecule has 0 saturated carbocycles. The molecule has 1 nitrogen and oxygen atoms in total. The number of halogens is 2. The molecule has 0 aliphatic carbocycles. The van der Waals surface area contributed by atoms with Gasteiger partial charge in [0.1, 0.15) is 0 Å². The summed E-state index contributed by atoms with van der Waals surface area (Å²) in [5.41, 5.74) is 0.540. The first-order chi connectivity index (χ1) is 6.56. The van der Waals surface area contributed by atoms with E-state index in [0.717, 1.165) is 0 Å². The molecule has 4 heteroatoms. The highest BCUT2D eigenvalue weighted by atomic mass is 35.5. The first kappa shape index (κ1) is 11.9. The SMILES string of the molecule is CSC(C)C(=O)c1ccc(Cl)cc1Cl. The lowest BCUT2D eigenvalue weighted by Crippen LogP contribution is -2.13. The second-order valence-corrected chi connectivity index (χ2v) is 4.89. The van der Waals surface area contributed by atoms with Crippen LogP contribution in [0.1, 0.15) is 17.3 Å². The van der Waals surface area contributed by atoms with E-state index in [-0.39, 0.29) is 11.0 Å². The van der Waals surface area contributed by atoms with Crippen LogP contribution in [-0.4, -0.2) is 17.3 Å². The van der Waals surface area contributed by atoms with Gasteiger partial charge in [-0.3, -0.25) is 4.79 Å². The van der Waals surface area contributed by atoms with Crippen LogP contribution in [0.3, 0.4) is 0 Å². The molecule has 1 aromatic rings. The number of hydrogen-bond donors (Lipinski definition) is 0. The fourth-order valence-corrected chi connectivity index (χ4v) is 1.86. The summed E-state index contributed by atoms with van der Waals surface area (Å²) in [7, 11) is 0. The van der Waals surface area contributed by atoms with Gasteiger partial charge in [0.15, 0.2) is 5.78 Å². The maximum atomic E-state index is 11.8. The molecule has 14 heavy (non-hydrogen) atoms. The van der Waals surface area contributed by atoms with Crippen molar-refractivity contribution in [2.75, 3.05) is 6.26 Å². The van der Waals surface area contributed by atoms with Crippen molar-refractivity contribution in [1.29, 1.82) is 0 Å². The van der Waals surface area contributed by atoms with Gasteiger partial charge in [0, 0.05) is 10.6 Å². The van der Waals surface area contributed by atoms with Crippen LogP contribution in [0.4, 0.5) is 0 Å². The van der Waals surface area contributed by atoms with E-state index in [1.54, 1.807) is 18.2 Å². The monoisotopic (exact) mass is 248 g/mol. The molecule has 1 atom stereocenters. The molecule has 76 valence electrons. The predicted octanol–water partition coefficient (Wildman–Crippen LogP) is 3.93. The standard InChI is InChI=1S/C10H10Cl2OS/c1-6(14-2)10(13)8-4-3-7(11)5-9(8)12/h3-6H,1-2H3. The Kier molecular flexibility index (Phi) is 4.30. The molecule has 0 spiro atoms. The van der Waals surface area contributed by atoms with Gasteiger partial charge in [-0.1, -0.05) is 23.2 Å². The lowest BCUT2D eigenvalue weighted by atomic mass is 10.1. The Morgan fingerprint density at radius 3 is 2.57 bits per heavy atom. The molecular formula is C10H10Cl2OS. The van der Waals surface area contributed by atoms with Crippen molar-refractivity contribution in [3.8, 4) is 0 Å². The summed E-state index contributed by atoms with van der Waals surface area (Å²) in [4.78, 5) is 11.8. The Labute approximate surface area is 97.8 Å². The van der Waals surface area contributed by atoms with Gasteiger partial charge < -0.3 is 0 Å². The minimum atomic E-state index is -0.0753. The van der Waals surface area contributed by atoms with E-state index >= 15 is 0 Å².